The summed E-state index contributed by atoms with van der Waals surface area (Å²) in [5, 5.41) is 0. The fraction of sp³-hybridized carbons (Fsp3) is 0.409. The Kier molecular flexibility index (Phi) is 5.79. The minimum absolute atomic E-state index is 0.0188. The molecular weight excluding hydrogens is 354 g/mol. The number of carbonyl (C=O) groups excluding carboxylic acids is 3. The molecule has 1 aliphatic rings. The van der Waals surface area contributed by atoms with E-state index in [0.717, 1.165) is 48.7 Å². The van der Waals surface area contributed by atoms with Crippen LogP contribution in [0.3, 0.4) is 0 Å². The van der Waals surface area contributed by atoms with Crippen molar-refractivity contribution in [2.75, 3.05) is 37.6 Å². The van der Waals surface area contributed by atoms with Gasteiger partial charge >= 0.3 is 0 Å². The Morgan fingerprint density at radius 2 is 1.54 bits per heavy atom. The van der Waals surface area contributed by atoms with Gasteiger partial charge in [-0.25, -0.2) is 0 Å². The zero-order valence-corrected chi connectivity index (χ0v) is 17.0. The molecule has 0 spiro atoms. The van der Waals surface area contributed by atoms with E-state index >= 15 is 0 Å². The van der Waals surface area contributed by atoms with Crippen LogP contribution in [-0.4, -0.2) is 60.0 Å². The lowest BCUT2D eigenvalue weighted by Crippen LogP contribution is -2.48. The van der Waals surface area contributed by atoms with E-state index in [1.807, 2.05) is 38.1 Å². The average molecular weight is 381 g/mol. The number of hydrogen-bond acceptors (Lipinski definition) is 5. The van der Waals surface area contributed by atoms with Gasteiger partial charge in [-0.1, -0.05) is 0 Å². The predicted octanol–water partition coefficient (Wildman–Crippen LogP) is 3.04. The van der Waals surface area contributed by atoms with Crippen LogP contribution in [0.25, 0.3) is 0 Å². The summed E-state index contributed by atoms with van der Waals surface area (Å²) in [6.07, 6.45) is 0. The summed E-state index contributed by atoms with van der Waals surface area (Å²) in [6, 6.07) is 7.67. The first-order valence-corrected chi connectivity index (χ1v) is 9.59. The van der Waals surface area contributed by atoms with E-state index < -0.39 is 0 Å². The second kappa shape index (κ2) is 8.10. The number of aryl methyl sites for hydroxylation is 1. The Morgan fingerprint density at radius 3 is 2.04 bits per heavy atom. The van der Waals surface area contributed by atoms with Gasteiger partial charge in [0.1, 0.15) is 0 Å². The Morgan fingerprint density at radius 1 is 0.929 bits per heavy atom. The number of nitrogens with zero attached hydrogens (tertiary/aromatic N) is 2. The van der Waals surface area contributed by atoms with Gasteiger partial charge in [-0.05, 0) is 57.5 Å². The molecule has 0 saturated carbocycles. The summed E-state index contributed by atoms with van der Waals surface area (Å²) in [7, 11) is 0. The van der Waals surface area contributed by atoms with Crippen molar-refractivity contribution in [1.82, 2.24) is 9.88 Å². The number of piperazine rings is 1. The van der Waals surface area contributed by atoms with Crippen LogP contribution in [0.1, 0.15) is 56.3 Å². The SMILES string of the molecule is CC(=O)c1ccc(N2CCN(CC(=O)c3[nH]c(C)c(C(C)=O)c3C)CC2)cc1. The molecule has 2 heterocycles. The highest BCUT2D eigenvalue weighted by Crippen LogP contribution is 2.21. The number of rotatable bonds is 6. The first-order valence-electron chi connectivity index (χ1n) is 9.59. The molecule has 0 aliphatic carbocycles. The maximum absolute atomic E-state index is 12.7. The van der Waals surface area contributed by atoms with Crippen molar-refractivity contribution < 1.29 is 14.4 Å². The van der Waals surface area contributed by atoms with Crippen LogP contribution in [0.2, 0.25) is 0 Å². The fourth-order valence-electron chi connectivity index (χ4n) is 3.91. The summed E-state index contributed by atoms with van der Waals surface area (Å²) in [4.78, 5) is 43.4. The third kappa shape index (κ3) is 4.07. The van der Waals surface area contributed by atoms with Crippen molar-refractivity contribution in [3.05, 3.63) is 52.3 Å². The second-order valence-electron chi connectivity index (χ2n) is 7.47. The van der Waals surface area contributed by atoms with Crippen LogP contribution in [0.4, 0.5) is 5.69 Å². The highest BCUT2D eigenvalue weighted by Gasteiger charge is 2.24. The molecule has 0 bridgehead atoms. The average Bonchev–Trinajstić information content (AvgIpc) is 2.97. The number of carbonyl (C=O) groups is 3. The molecule has 0 amide bonds. The minimum Gasteiger partial charge on any atom is -0.369 e. The molecule has 0 atom stereocenters. The molecule has 6 heteroatoms. The van der Waals surface area contributed by atoms with Gasteiger partial charge in [-0.3, -0.25) is 19.3 Å². The molecule has 1 N–H and O–H groups in total. The number of benzene rings is 1. The van der Waals surface area contributed by atoms with Gasteiger partial charge in [-0.15, -0.1) is 0 Å². The molecule has 1 saturated heterocycles. The third-order valence-corrected chi connectivity index (χ3v) is 5.45. The summed E-state index contributed by atoms with van der Waals surface area (Å²) in [6.45, 7) is 10.3. The number of anilines is 1. The molecule has 1 fully saturated rings. The summed E-state index contributed by atoms with van der Waals surface area (Å²) in [5.41, 5.74) is 4.49. The molecule has 1 aromatic heterocycles. The lowest BCUT2D eigenvalue weighted by molar-refractivity contribution is 0.0920. The van der Waals surface area contributed by atoms with Gasteiger partial charge in [-0.2, -0.15) is 0 Å². The molecule has 2 aromatic rings. The molecule has 6 nitrogen and oxygen atoms in total. The molecule has 1 aliphatic heterocycles. The monoisotopic (exact) mass is 381 g/mol. The van der Waals surface area contributed by atoms with E-state index in [4.69, 9.17) is 0 Å². The molecule has 3 rings (SSSR count). The molecule has 1 aromatic carbocycles. The molecule has 0 radical (unpaired) electrons. The van der Waals surface area contributed by atoms with Gasteiger partial charge in [0, 0.05) is 48.7 Å². The molecule has 148 valence electrons. The number of aromatic amines is 1. The second-order valence-corrected chi connectivity index (χ2v) is 7.47. The van der Waals surface area contributed by atoms with Gasteiger partial charge in [0.05, 0.1) is 12.2 Å². The van der Waals surface area contributed by atoms with Crippen LogP contribution >= 0.6 is 0 Å². The van der Waals surface area contributed by atoms with Crippen LogP contribution in [0.5, 0.6) is 0 Å². The number of hydrogen-bond donors (Lipinski definition) is 1. The van der Waals surface area contributed by atoms with Gasteiger partial charge in [0.15, 0.2) is 17.3 Å². The molecular formula is C22H27N3O3. The molecule has 0 unspecified atom stereocenters. The van der Waals surface area contributed by atoms with Crippen molar-refractivity contribution in [1.29, 1.82) is 0 Å². The van der Waals surface area contributed by atoms with Crippen LogP contribution in [0, 0.1) is 13.8 Å². The summed E-state index contributed by atoms with van der Waals surface area (Å²) < 4.78 is 0. The Labute approximate surface area is 165 Å². The normalized spacial score (nSPS) is 14.9. The third-order valence-electron chi connectivity index (χ3n) is 5.45. The van der Waals surface area contributed by atoms with E-state index in [-0.39, 0.29) is 17.3 Å². The maximum atomic E-state index is 12.7. The maximum Gasteiger partial charge on any atom is 0.193 e. The van der Waals surface area contributed by atoms with E-state index in [2.05, 4.69) is 14.8 Å². The largest absolute Gasteiger partial charge is 0.369 e. The number of nitrogens with one attached hydrogen (secondary N) is 1. The van der Waals surface area contributed by atoms with E-state index in [1.54, 1.807) is 6.92 Å². The van der Waals surface area contributed by atoms with Gasteiger partial charge in [0.25, 0.3) is 0 Å². The van der Waals surface area contributed by atoms with Crippen molar-refractivity contribution in [3.8, 4) is 0 Å². The van der Waals surface area contributed by atoms with Crippen molar-refractivity contribution in [2.24, 2.45) is 0 Å². The van der Waals surface area contributed by atoms with Crippen molar-refractivity contribution in [3.63, 3.8) is 0 Å². The lowest BCUT2D eigenvalue weighted by atomic mass is 10.1. The summed E-state index contributed by atoms with van der Waals surface area (Å²) in [5.74, 6) is 0.0692. The first-order chi connectivity index (χ1) is 13.3. The minimum atomic E-state index is -0.0188. The Bertz CT molecular complexity index is 904. The molecule has 28 heavy (non-hydrogen) atoms. The van der Waals surface area contributed by atoms with Crippen molar-refractivity contribution >= 4 is 23.0 Å². The number of aromatic nitrogens is 1. The smallest absolute Gasteiger partial charge is 0.193 e. The lowest BCUT2D eigenvalue weighted by Gasteiger charge is -2.35. The van der Waals surface area contributed by atoms with Crippen LogP contribution in [-0.2, 0) is 0 Å². The highest BCUT2D eigenvalue weighted by molar-refractivity contribution is 6.04. The Balaban J connectivity index is 1.60. The highest BCUT2D eigenvalue weighted by atomic mass is 16.1. The first kappa shape index (κ1) is 20.0. The van der Waals surface area contributed by atoms with E-state index in [9.17, 15) is 14.4 Å². The van der Waals surface area contributed by atoms with E-state index in [0.29, 0.717) is 17.8 Å². The summed E-state index contributed by atoms with van der Waals surface area (Å²) >= 11 is 0. The van der Waals surface area contributed by atoms with Gasteiger partial charge in [0.2, 0.25) is 0 Å². The standard InChI is InChI=1S/C22H27N3O3/c1-14-21(17(4)27)15(2)23-22(14)20(28)13-24-9-11-25(12-10-24)19-7-5-18(6-8-19)16(3)26/h5-8,23H,9-13H2,1-4H3. The zero-order chi connectivity index (χ0) is 20.4. The van der Waals surface area contributed by atoms with E-state index in [1.165, 1.54) is 6.92 Å². The number of Topliss-reactive ketones (excluding diaryl/α,β-unsaturated/α-hetero) is 3. The fourth-order valence-corrected chi connectivity index (χ4v) is 3.91. The van der Waals surface area contributed by atoms with Gasteiger partial charge < -0.3 is 9.88 Å². The van der Waals surface area contributed by atoms with Crippen molar-refractivity contribution in [2.45, 2.75) is 27.7 Å². The number of ketones is 3. The number of H-pyrrole nitrogens is 1. The van der Waals surface area contributed by atoms with Crippen LogP contribution in [0.15, 0.2) is 24.3 Å². The zero-order valence-electron chi connectivity index (χ0n) is 17.0. The van der Waals surface area contributed by atoms with Crippen LogP contribution < -0.4 is 4.90 Å². The topological polar surface area (TPSA) is 73.5 Å². The quantitative estimate of drug-likeness (QED) is 0.779. The predicted molar refractivity (Wildman–Crippen MR) is 110 cm³/mol. The Hall–Kier alpha value is -2.73.